The zero-order valence-corrected chi connectivity index (χ0v) is 17.1. The van der Waals surface area contributed by atoms with E-state index in [1.165, 1.54) is 12.1 Å². The van der Waals surface area contributed by atoms with E-state index in [1.807, 2.05) is 36.4 Å². The van der Waals surface area contributed by atoms with E-state index in [0.717, 1.165) is 42.9 Å². The molecule has 0 amide bonds. The molecule has 2 rings (SSSR count). The lowest BCUT2D eigenvalue weighted by Gasteiger charge is -2.06. The van der Waals surface area contributed by atoms with Crippen LogP contribution < -0.4 is 4.74 Å². The minimum Gasteiger partial charge on any atom is -0.494 e. The van der Waals surface area contributed by atoms with Gasteiger partial charge < -0.3 is 9.47 Å². The Balaban J connectivity index is 1.80. The Morgan fingerprint density at radius 1 is 0.931 bits per heavy atom. The molecule has 0 bridgehead atoms. The summed E-state index contributed by atoms with van der Waals surface area (Å²) in [4.78, 5) is 11.0. The first-order chi connectivity index (χ1) is 13.9. The summed E-state index contributed by atoms with van der Waals surface area (Å²) in [5.74, 6) is 0.352. The molecule has 0 fully saturated rings. The van der Waals surface area contributed by atoms with E-state index in [9.17, 15) is 13.2 Å². The zero-order chi connectivity index (χ0) is 21.1. The lowest BCUT2D eigenvalue weighted by atomic mass is 10.1. The van der Waals surface area contributed by atoms with E-state index >= 15 is 0 Å². The lowest BCUT2D eigenvalue weighted by Crippen LogP contribution is -2.04. The van der Waals surface area contributed by atoms with Crippen molar-refractivity contribution < 1.29 is 26.9 Å². The summed E-state index contributed by atoms with van der Waals surface area (Å²) in [6, 6.07) is 14.1. The first-order valence-electron chi connectivity index (χ1n) is 9.05. The molecular weight excluding hydrogens is 392 g/mol. The molecule has 154 valence electrons. The fourth-order valence-electron chi connectivity index (χ4n) is 2.34. The SMILES string of the molecule is C=CC(=O)OCCCCOc1ccc(/C=C/c2ccc(S(=O)(=O)OC)cc2)cc1. The van der Waals surface area contributed by atoms with Gasteiger partial charge in [0, 0.05) is 6.08 Å². The Labute approximate surface area is 171 Å². The highest BCUT2D eigenvalue weighted by atomic mass is 32.2. The molecule has 0 aliphatic rings. The number of hydrogen-bond donors (Lipinski definition) is 0. The first kappa shape index (κ1) is 22.4. The summed E-state index contributed by atoms with van der Waals surface area (Å²) >= 11 is 0. The minimum absolute atomic E-state index is 0.123. The summed E-state index contributed by atoms with van der Waals surface area (Å²) < 4.78 is 38.3. The van der Waals surface area contributed by atoms with Crippen molar-refractivity contribution in [3.05, 3.63) is 72.3 Å². The molecule has 0 saturated carbocycles. The van der Waals surface area contributed by atoms with Crippen molar-refractivity contribution in [3.8, 4) is 5.75 Å². The Hall–Kier alpha value is -2.90. The van der Waals surface area contributed by atoms with Crippen molar-refractivity contribution in [2.75, 3.05) is 20.3 Å². The molecule has 0 atom stereocenters. The highest BCUT2D eigenvalue weighted by molar-refractivity contribution is 7.86. The van der Waals surface area contributed by atoms with Gasteiger partial charge in [0.15, 0.2) is 0 Å². The molecule has 2 aromatic carbocycles. The van der Waals surface area contributed by atoms with Gasteiger partial charge in [-0.15, -0.1) is 0 Å². The fourth-order valence-corrected chi connectivity index (χ4v) is 3.00. The standard InChI is InChI=1S/C22H24O6S/c1-3-22(23)28-17-5-4-16-27-20-12-8-18(9-13-20)6-7-19-10-14-21(15-11-19)29(24,25)26-2/h3,6-15H,1,4-5,16-17H2,2H3/b7-6+. The van der Waals surface area contributed by atoms with Crippen molar-refractivity contribution in [3.63, 3.8) is 0 Å². The molecule has 6 nitrogen and oxygen atoms in total. The van der Waals surface area contributed by atoms with Crippen LogP contribution in [0, 0.1) is 0 Å². The molecule has 0 N–H and O–H groups in total. The second-order valence-electron chi connectivity index (χ2n) is 6.02. The van der Waals surface area contributed by atoms with Crippen molar-refractivity contribution in [2.45, 2.75) is 17.7 Å². The summed E-state index contributed by atoms with van der Waals surface area (Å²) in [7, 11) is -2.53. The summed E-state index contributed by atoms with van der Waals surface area (Å²) in [5, 5.41) is 0. The van der Waals surface area contributed by atoms with Crippen molar-refractivity contribution in [1.29, 1.82) is 0 Å². The van der Waals surface area contributed by atoms with Gasteiger partial charge in [0.05, 0.1) is 25.2 Å². The van der Waals surface area contributed by atoms with Gasteiger partial charge in [-0.2, -0.15) is 8.42 Å². The van der Waals surface area contributed by atoms with Crippen LogP contribution in [0.5, 0.6) is 5.75 Å². The Kier molecular flexibility index (Phi) is 8.64. The van der Waals surface area contributed by atoms with Gasteiger partial charge >= 0.3 is 5.97 Å². The maximum atomic E-state index is 11.6. The molecule has 29 heavy (non-hydrogen) atoms. The van der Waals surface area contributed by atoms with Crippen LogP contribution in [0.4, 0.5) is 0 Å². The average Bonchev–Trinajstić information content (AvgIpc) is 2.75. The number of benzene rings is 2. The number of hydrogen-bond acceptors (Lipinski definition) is 6. The van der Waals surface area contributed by atoms with Gasteiger partial charge in [-0.05, 0) is 48.2 Å². The van der Waals surface area contributed by atoms with Gasteiger partial charge in [-0.25, -0.2) is 4.79 Å². The molecular formula is C22H24O6S. The average molecular weight is 416 g/mol. The number of ether oxygens (including phenoxy) is 2. The Bertz CT molecular complexity index is 928. The van der Waals surface area contributed by atoms with Crippen LogP contribution in [0.25, 0.3) is 12.2 Å². The monoisotopic (exact) mass is 416 g/mol. The normalized spacial score (nSPS) is 11.3. The van der Waals surface area contributed by atoms with Gasteiger partial charge in [0.2, 0.25) is 0 Å². The maximum absolute atomic E-state index is 11.6. The number of carbonyl (C=O) groups is 1. The molecule has 0 aliphatic carbocycles. The largest absolute Gasteiger partial charge is 0.494 e. The van der Waals surface area contributed by atoms with E-state index in [-0.39, 0.29) is 4.90 Å². The third-order valence-corrected chi connectivity index (χ3v) is 5.24. The molecule has 0 aromatic heterocycles. The van der Waals surface area contributed by atoms with Crippen LogP contribution in [-0.2, 0) is 23.8 Å². The number of esters is 1. The molecule has 0 spiro atoms. The van der Waals surface area contributed by atoms with E-state index in [2.05, 4.69) is 10.8 Å². The molecule has 2 aromatic rings. The first-order valence-corrected chi connectivity index (χ1v) is 10.5. The Morgan fingerprint density at radius 3 is 2.03 bits per heavy atom. The van der Waals surface area contributed by atoms with Gasteiger partial charge in [0.25, 0.3) is 10.1 Å². The highest BCUT2D eigenvalue weighted by Gasteiger charge is 2.11. The van der Waals surface area contributed by atoms with Gasteiger partial charge in [-0.3, -0.25) is 4.18 Å². The van der Waals surface area contributed by atoms with Crippen LogP contribution in [-0.4, -0.2) is 34.7 Å². The fraction of sp³-hybridized carbons (Fsp3) is 0.227. The third kappa shape index (κ3) is 7.56. The number of unbranched alkanes of at least 4 members (excludes halogenated alkanes) is 1. The molecule has 0 aliphatic heterocycles. The second kappa shape index (κ2) is 11.2. The Morgan fingerprint density at radius 2 is 1.48 bits per heavy atom. The topological polar surface area (TPSA) is 78.9 Å². The van der Waals surface area contributed by atoms with Crippen LogP contribution in [0.2, 0.25) is 0 Å². The van der Waals surface area contributed by atoms with Crippen LogP contribution in [0.3, 0.4) is 0 Å². The van der Waals surface area contributed by atoms with E-state index in [1.54, 1.807) is 12.1 Å². The highest BCUT2D eigenvalue weighted by Crippen LogP contribution is 2.17. The van der Waals surface area contributed by atoms with Gasteiger partial charge in [-0.1, -0.05) is 43.0 Å². The third-order valence-electron chi connectivity index (χ3n) is 3.95. The zero-order valence-electron chi connectivity index (χ0n) is 16.2. The van der Waals surface area contributed by atoms with Crippen molar-refractivity contribution in [1.82, 2.24) is 0 Å². The molecule has 7 heteroatoms. The molecule has 0 radical (unpaired) electrons. The number of rotatable bonds is 11. The van der Waals surface area contributed by atoms with Crippen molar-refractivity contribution >= 4 is 28.2 Å². The smallest absolute Gasteiger partial charge is 0.330 e. The van der Waals surface area contributed by atoms with E-state index < -0.39 is 16.1 Å². The maximum Gasteiger partial charge on any atom is 0.330 e. The molecule has 0 saturated heterocycles. The van der Waals surface area contributed by atoms with E-state index in [0.29, 0.717) is 13.2 Å². The molecule has 0 heterocycles. The quantitative estimate of drug-likeness (QED) is 0.181. The number of carbonyl (C=O) groups excluding carboxylic acids is 1. The summed E-state index contributed by atoms with van der Waals surface area (Å²) in [6.45, 7) is 4.23. The predicted molar refractivity (Wildman–Crippen MR) is 112 cm³/mol. The minimum atomic E-state index is -3.67. The molecule has 0 unspecified atom stereocenters. The van der Waals surface area contributed by atoms with Crippen molar-refractivity contribution in [2.24, 2.45) is 0 Å². The summed E-state index contributed by atoms with van der Waals surface area (Å²) in [6.07, 6.45) is 6.47. The van der Waals surface area contributed by atoms with Gasteiger partial charge in [0.1, 0.15) is 5.75 Å². The second-order valence-corrected chi connectivity index (χ2v) is 7.73. The van der Waals surface area contributed by atoms with Crippen LogP contribution in [0.1, 0.15) is 24.0 Å². The van der Waals surface area contributed by atoms with Crippen LogP contribution >= 0.6 is 0 Å². The summed E-state index contributed by atoms with van der Waals surface area (Å²) in [5.41, 5.74) is 1.86. The predicted octanol–water partition coefficient (Wildman–Crippen LogP) is 4.08. The lowest BCUT2D eigenvalue weighted by molar-refractivity contribution is -0.137. The van der Waals surface area contributed by atoms with Crippen LogP contribution in [0.15, 0.2) is 66.1 Å². The van der Waals surface area contributed by atoms with E-state index in [4.69, 9.17) is 9.47 Å².